The van der Waals surface area contributed by atoms with Crippen LogP contribution < -0.4 is 16.0 Å². The molecule has 0 aliphatic rings. The van der Waals surface area contributed by atoms with E-state index >= 15 is 0 Å². The van der Waals surface area contributed by atoms with Crippen molar-refractivity contribution in [2.24, 2.45) is 0 Å². The number of anilines is 1. The lowest BCUT2D eigenvalue weighted by Gasteiger charge is -2.15. The van der Waals surface area contributed by atoms with Crippen LogP contribution in [-0.4, -0.2) is 17.9 Å². The van der Waals surface area contributed by atoms with E-state index in [0.717, 1.165) is 24.0 Å². The van der Waals surface area contributed by atoms with Crippen LogP contribution in [0.1, 0.15) is 63.1 Å². The number of amides is 2. The van der Waals surface area contributed by atoms with Gasteiger partial charge in [-0.1, -0.05) is 93.4 Å². The number of Topliss-reactive ketones (excluding diaryl/α,β-unsaturated/α-hetero) is 1. The van der Waals surface area contributed by atoms with Crippen LogP contribution in [-0.2, 0) is 17.9 Å². The maximum Gasteiger partial charge on any atom is 0.319 e. The highest BCUT2D eigenvalue weighted by molar-refractivity contribution is 6.30. The Balaban J connectivity index is 0.000000425. The number of hydrogen-bond acceptors (Lipinski definition) is 3. The van der Waals surface area contributed by atoms with Gasteiger partial charge in [0.05, 0.1) is 6.04 Å². The monoisotopic (exact) mass is 507 g/mol. The van der Waals surface area contributed by atoms with Crippen LogP contribution in [0, 0.1) is 0 Å². The molecule has 6 heteroatoms. The third-order valence-corrected chi connectivity index (χ3v) is 5.92. The Bertz CT molecular complexity index is 1050. The van der Waals surface area contributed by atoms with Gasteiger partial charge in [-0.2, -0.15) is 0 Å². The van der Waals surface area contributed by atoms with E-state index < -0.39 is 0 Å². The Morgan fingerprint density at radius 2 is 1.42 bits per heavy atom. The highest BCUT2D eigenvalue weighted by atomic mass is 35.5. The Kier molecular flexibility index (Phi) is 12.7. The number of carbonyl (C=O) groups is 2. The van der Waals surface area contributed by atoms with Gasteiger partial charge in [-0.25, -0.2) is 4.79 Å². The Morgan fingerprint density at radius 3 is 1.94 bits per heavy atom. The molecule has 0 saturated carbocycles. The summed E-state index contributed by atoms with van der Waals surface area (Å²) in [5, 5.41) is 9.56. The summed E-state index contributed by atoms with van der Waals surface area (Å²) in [5.74, 6) is 0.818. The number of halogens is 1. The molecule has 3 rings (SSSR count). The molecule has 0 aliphatic carbocycles. The average Bonchev–Trinajstić information content (AvgIpc) is 2.88. The zero-order valence-corrected chi connectivity index (χ0v) is 22.4. The molecule has 3 aromatic carbocycles. The minimum Gasteiger partial charge on any atom is -0.334 e. The van der Waals surface area contributed by atoms with Gasteiger partial charge in [-0.3, -0.25) is 4.79 Å². The fourth-order valence-electron chi connectivity index (χ4n) is 3.48. The fraction of sp³-hybridized carbons (Fsp3) is 0.333. The predicted octanol–water partition coefficient (Wildman–Crippen LogP) is 7.32. The van der Waals surface area contributed by atoms with E-state index in [2.05, 4.69) is 61.0 Å². The van der Waals surface area contributed by atoms with Gasteiger partial charge in [0.15, 0.2) is 0 Å². The molecule has 0 aliphatic heterocycles. The molecule has 0 fully saturated rings. The van der Waals surface area contributed by atoms with Gasteiger partial charge < -0.3 is 16.0 Å². The summed E-state index contributed by atoms with van der Waals surface area (Å²) in [5.41, 5.74) is 4.16. The van der Waals surface area contributed by atoms with Gasteiger partial charge in [-0.05, 0) is 60.2 Å². The minimum atomic E-state index is -0.268. The lowest BCUT2D eigenvalue weighted by atomic mass is 10.0. The molecule has 3 aromatic rings. The van der Waals surface area contributed by atoms with E-state index in [1.54, 1.807) is 19.1 Å². The second kappa shape index (κ2) is 15.8. The molecule has 0 bridgehead atoms. The van der Waals surface area contributed by atoms with E-state index in [1.807, 2.05) is 42.5 Å². The van der Waals surface area contributed by atoms with Crippen LogP contribution >= 0.6 is 11.6 Å². The first-order valence-corrected chi connectivity index (χ1v) is 12.8. The van der Waals surface area contributed by atoms with Crippen LogP contribution in [0.2, 0.25) is 5.02 Å². The van der Waals surface area contributed by atoms with Gasteiger partial charge in [0, 0.05) is 23.8 Å². The molecule has 1 atom stereocenters. The number of urea groups is 1. The summed E-state index contributed by atoms with van der Waals surface area (Å²) in [4.78, 5) is 23.6. The predicted molar refractivity (Wildman–Crippen MR) is 151 cm³/mol. The summed E-state index contributed by atoms with van der Waals surface area (Å²) in [6.07, 6.45) is 1.80. The lowest BCUT2D eigenvalue weighted by Crippen LogP contribution is -2.34. The van der Waals surface area contributed by atoms with Crippen LogP contribution in [0.15, 0.2) is 78.9 Å². The summed E-state index contributed by atoms with van der Waals surface area (Å²) >= 11 is 5.84. The first-order chi connectivity index (χ1) is 17.3. The zero-order valence-electron chi connectivity index (χ0n) is 21.7. The first kappa shape index (κ1) is 29.1. The molecule has 192 valence electrons. The summed E-state index contributed by atoms with van der Waals surface area (Å²) in [7, 11) is 0. The van der Waals surface area contributed by atoms with Crippen molar-refractivity contribution < 1.29 is 9.59 Å². The molecule has 36 heavy (non-hydrogen) atoms. The van der Waals surface area contributed by atoms with Crippen LogP contribution in [0.3, 0.4) is 0 Å². The smallest absolute Gasteiger partial charge is 0.319 e. The normalized spacial score (nSPS) is 11.3. The van der Waals surface area contributed by atoms with E-state index in [-0.39, 0.29) is 17.9 Å². The highest BCUT2D eigenvalue weighted by Gasteiger charge is 2.12. The molecule has 2 amide bonds. The largest absolute Gasteiger partial charge is 0.334 e. The number of hydrogen-bond donors (Lipinski definition) is 3. The number of rotatable bonds is 10. The third kappa shape index (κ3) is 11.1. The number of benzene rings is 3. The molecular formula is C30H38ClN3O2. The van der Waals surface area contributed by atoms with E-state index in [9.17, 15) is 9.59 Å². The van der Waals surface area contributed by atoms with Crippen LogP contribution in [0.5, 0.6) is 0 Å². The van der Waals surface area contributed by atoms with Crippen molar-refractivity contribution in [2.75, 3.05) is 5.32 Å². The zero-order chi connectivity index (χ0) is 26.3. The average molecular weight is 508 g/mol. The maximum absolute atomic E-state index is 12.0. The molecule has 0 saturated heterocycles. The topological polar surface area (TPSA) is 70.2 Å². The van der Waals surface area contributed by atoms with E-state index in [4.69, 9.17) is 11.6 Å². The molecule has 0 aromatic heterocycles. The number of ketones is 1. The van der Waals surface area contributed by atoms with Crippen molar-refractivity contribution in [1.82, 2.24) is 10.6 Å². The second-order valence-corrected chi connectivity index (χ2v) is 9.47. The first-order valence-electron chi connectivity index (χ1n) is 12.5. The highest BCUT2D eigenvalue weighted by Crippen LogP contribution is 2.13. The van der Waals surface area contributed by atoms with Crippen molar-refractivity contribution in [2.45, 2.75) is 65.6 Å². The molecule has 0 spiro atoms. The minimum absolute atomic E-state index is 0.105. The Hall–Kier alpha value is -3.15. The summed E-state index contributed by atoms with van der Waals surface area (Å²) in [6, 6.07) is 25.0. The van der Waals surface area contributed by atoms with Gasteiger partial charge in [0.1, 0.15) is 5.78 Å². The van der Waals surface area contributed by atoms with Crippen molar-refractivity contribution in [1.29, 1.82) is 0 Å². The molecule has 1 unspecified atom stereocenters. The van der Waals surface area contributed by atoms with Crippen LogP contribution in [0.25, 0.3) is 0 Å². The van der Waals surface area contributed by atoms with Crippen LogP contribution in [0.4, 0.5) is 10.5 Å². The molecule has 3 N–H and O–H groups in total. The summed E-state index contributed by atoms with van der Waals surface area (Å²) < 4.78 is 0. The molecule has 0 heterocycles. The van der Waals surface area contributed by atoms with Gasteiger partial charge in [0.25, 0.3) is 0 Å². The third-order valence-electron chi connectivity index (χ3n) is 5.67. The quantitative estimate of drug-likeness (QED) is 0.269. The molecular weight excluding hydrogens is 470 g/mol. The summed E-state index contributed by atoms with van der Waals surface area (Å²) in [6.45, 7) is 9.13. The number of nitrogens with one attached hydrogen (secondary N) is 3. The SMILES string of the molecule is CC(C)c1ccccc1.CCCC(NCc1ccc(NC(=O)NCc2ccc(Cl)cc2)cc1)C(C)=O. The Labute approximate surface area is 220 Å². The standard InChI is InChI=1S/C21H26ClN3O2.C9H12/c1-3-4-20(15(2)26)23-13-17-7-11-19(12-8-17)25-21(27)24-14-16-5-9-18(22)10-6-16;1-8(2)9-6-4-3-5-7-9/h5-12,20,23H,3-4,13-14H2,1-2H3,(H2,24,25,27);3-8H,1-2H3. The Morgan fingerprint density at radius 1 is 0.833 bits per heavy atom. The molecule has 5 nitrogen and oxygen atoms in total. The maximum atomic E-state index is 12.0. The van der Waals surface area contributed by atoms with Gasteiger partial charge in [0.2, 0.25) is 0 Å². The van der Waals surface area contributed by atoms with Crippen molar-refractivity contribution in [3.63, 3.8) is 0 Å². The van der Waals surface area contributed by atoms with Crippen molar-refractivity contribution in [3.8, 4) is 0 Å². The van der Waals surface area contributed by atoms with Crippen molar-refractivity contribution >= 4 is 29.1 Å². The van der Waals surface area contributed by atoms with E-state index in [1.165, 1.54) is 5.56 Å². The number of carbonyl (C=O) groups excluding carboxylic acids is 2. The van der Waals surface area contributed by atoms with Gasteiger partial charge >= 0.3 is 6.03 Å². The second-order valence-electron chi connectivity index (χ2n) is 9.03. The van der Waals surface area contributed by atoms with Crippen molar-refractivity contribution in [3.05, 3.63) is 101 Å². The molecule has 0 radical (unpaired) electrons. The lowest BCUT2D eigenvalue weighted by molar-refractivity contribution is -0.119. The fourth-order valence-corrected chi connectivity index (χ4v) is 3.61. The van der Waals surface area contributed by atoms with E-state index in [0.29, 0.717) is 29.7 Å². The van der Waals surface area contributed by atoms with Gasteiger partial charge in [-0.15, -0.1) is 0 Å².